The summed E-state index contributed by atoms with van der Waals surface area (Å²) in [6.07, 6.45) is 0.494. The number of hydrogen-bond donors (Lipinski definition) is 2. The van der Waals surface area contributed by atoms with Crippen molar-refractivity contribution < 1.29 is 17.9 Å². The van der Waals surface area contributed by atoms with Gasteiger partial charge in [-0.1, -0.05) is 6.07 Å². The standard InChI is InChI=1S/C13H20N2O4S/c1-9-5-10-7-11(8-14)19-13(10)12(6-9)20(16,17)15-3-4-18-2/h5-6,11,15H,3-4,7-8,14H2,1-2H3. The molecular formula is C13H20N2O4S. The van der Waals surface area contributed by atoms with E-state index in [9.17, 15) is 8.42 Å². The van der Waals surface area contributed by atoms with Crippen molar-refractivity contribution in [3.63, 3.8) is 0 Å². The van der Waals surface area contributed by atoms with Crippen LogP contribution in [0.25, 0.3) is 0 Å². The summed E-state index contributed by atoms with van der Waals surface area (Å²) >= 11 is 0. The molecule has 3 N–H and O–H groups in total. The molecule has 0 aromatic heterocycles. The van der Waals surface area contributed by atoms with Gasteiger partial charge in [-0.2, -0.15) is 0 Å². The average molecular weight is 300 g/mol. The predicted octanol–water partition coefficient (Wildman–Crippen LogP) is 0.182. The second-order valence-electron chi connectivity index (χ2n) is 4.82. The Morgan fingerprint density at radius 2 is 2.25 bits per heavy atom. The van der Waals surface area contributed by atoms with Crippen molar-refractivity contribution in [3.05, 3.63) is 23.3 Å². The minimum atomic E-state index is -3.61. The van der Waals surface area contributed by atoms with Gasteiger partial charge in [-0.3, -0.25) is 0 Å². The van der Waals surface area contributed by atoms with Crippen LogP contribution in [0.3, 0.4) is 0 Å². The van der Waals surface area contributed by atoms with Crippen molar-refractivity contribution in [2.45, 2.75) is 24.3 Å². The summed E-state index contributed by atoms with van der Waals surface area (Å²) in [5.74, 6) is 0.427. The SMILES string of the molecule is COCCNS(=O)(=O)c1cc(C)cc2c1OC(CN)C2. The molecule has 0 saturated carbocycles. The van der Waals surface area contributed by atoms with E-state index in [1.54, 1.807) is 6.07 Å². The van der Waals surface area contributed by atoms with Gasteiger partial charge in [-0.25, -0.2) is 13.1 Å². The Morgan fingerprint density at radius 3 is 2.90 bits per heavy atom. The lowest BCUT2D eigenvalue weighted by atomic mass is 10.1. The van der Waals surface area contributed by atoms with Gasteiger partial charge in [0.2, 0.25) is 10.0 Å². The summed E-state index contributed by atoms with van der Waals surface area (Å²) in [6, 6.07) is 3.56. The monoisotopic (exact) mass is 300 g/mol. The van der Waals surface area contributed by atoms with Crippen LogP contribution in [-0.4, -0.2) is 41.3 Å². The van der Waals surface area contributed by atoms with Gasteiger partial charge >= 0.3 is 0 Å². The molecule has 0 saturated heterocycles. The summed E-state index contributed by atoms with van der Waals surface area (Å²) in [5.41, 5.74) is 7.38. The first-order valence-electron chi connectivity index (χ1n) is 6.46. The summed E-state index contributed by atoms with van der Waals surface area (Å²) in [7, 11) is -2.09. The highest BCUT2D eigenvalue weighted by molar-refractivity contribution is 7.89. The quantitative estimate of drug-likeness (QED) is 0.732. The van der Waals surface area contributed by atoms with Crippen LogP contribution in [0, 0.1) is 6.92 Å². The molecule has 1 unspecified atom stereocenters. The maximum absolute atomic E-state index is 12.3. The second kappa shape index (κ2) is 6.09. The molecule has 6 nitrogen and oxygen atoms in total. The van der Waals surface area contributed by atoms with Crippen LogP contribution in [0.5, 0.6) is 5.75 Å². The first-order valence-corrected chi connectivity index (χ1v) is 7.95. The Morgan fingerprint density at radius 1 is 1.50 bits per heavy atom. The van der Waals surface area contributed by atoms with E-state index < -0.39 is 10.0 Å². The summed E-state index contributed by atoms with van der Waals surface area (Å²) in [6.45, 7) is 2.77. The Hall–Kier alpha value is -1.15. The zero-order chi connectivity index (χ0) is 14.8. The number of benzene rings is 1. The molecule has 1 aromatic rings. The number of nitrogens with one attached hydrogen (secondary N) is 1. The maximum atomic E-state index is 12.3. The topological polar surface area (TPSA) is 90.6 Å². The largest absolute Gasteiger partial charge is 0.487 e. The second-order valence-corrected chi connectivity index (χ2v) is 6.56. The van der Waals surface area contributed by atoms with Crippen molar-refractivity contribution in [1.82, 2.24) is 4.72 Å². The zero-order valence-corrected chi connectivity index (χ0v) is 12.5. The molecule has 1 atom stereocenters. The van der Waals surface area contributed by atoms with Gasteiger partial charge < -0.3 is 15.2 Å². The molecule has 0 bridgehead atoms. The number of aryl methyl sites for hydroxylation is 1. The van der Waals surface area contributed by atoms with Gasteiger partial charge in [-0.05, 0) is 24.1 Å². The third-order valence-corrected chi connectivity index (χ3v) is 4.63. The summed E-state index contributed by atoms with van der Waals surface area (Å²) in [5, 5.41) is 0. The normalized spacial score (nSPS) is 17.9. The predicted molar refractivity (Wildman–Crippen MR) is 75.4 cm³/mol. The van der Waals surface area contributed by atoms with Gasteiger partial charge in [0, 0.05) is 26.6 Å². The molecule has 0 spiro atoms. The van der Waals surface area contributed by atoms with Crippen molar-refractivity contribution in [3.8, 4) is 5.75 Å². The van der Waals surface area contributed by atoms with Gasteiger partial charge in [0.15, 0.2) is 0 Å². The highest BCUT2D eigenvalue weighted by Gasteiger charge is 2.30. The van der Waals surface area contributed by atoms with Crippen LogP contribution in [0.4, 0.5) is 0 Å². The van der Waals surface area contributed by atoms with Crippen molar-refractivity contribution in [2.24, 2.45) is 5.73 Å². The fraction of sp³-hybridized carbons (Fsp3) is 0.538. The van der Waals surface area contributed by atoms with E-state index in [1.165, 1.54) is 7.11 Å². The molecule has 20 heavy (non-hydrogen) atoms. The van der Waals surface area contributed by atoms with E-state index in [-0.39, 0.29) is 17.5 Å². The minimum absolute atomic E-state index is 0.153. The first kappa shape index (κ1) is 15.2. The Labute approximate surface area is 119 Å². The van der Waals surface area contributed by atoms with E-state index in [0.717, 1.165) is 11.1 Å². The van der Waals surface area contributed by atoms with Crippen LogP contribution in [0.15, 0.2) is 17.0 Å². The number of rotatable bonds is 6. The van der Waals surface area contributed by atoms with E-state index in [0.29, 0.717) is 25.3 Å². The molecule has 0 aliphatic carbocycles. The van der Waals surface area contributed by atoms with Crippen molar-refractivity contribution in [2.75, 3.05) is 26.8 Å². The number of ether oxygens (including phenoxy) is 2. The van der Waals surface area contributed by atoms with Gasteiger partial charge in [0.25, 0.3) is 0 Å². The lowest BCUT2D eigenvalue weighted by molar-refractivity contribution is 0.204. The zero-order valence-electron chi connectivity index (χ0n) is 11.7. The number of hydrogen-bond acceptors (Lipinski definition) is 5. The van der Waals surface area contributed by atoms with Crippen molar-refractivity contribution >= 4 is 10.0 Å². The smallest absolute Gasteiger partial charge is 0.244 e. The Bertz CT molecular complexity index is 586. The van der Waals surface area contributed by atoms with Gasteiger partial charge in [-0.15, -0.1) is 0 Å². The molecular weight excluding hydrogens is 280 g/mol. The fourth-order valence-corrected chi connectivity index (χ4v) is 3.51. The lowest BCUT2D eigenvalue weighted by Gasteiger charge is -2.12. The van der Waals surface area contributed by atoms with E-state index >= 15 is 0 Å². The highest BCUT2D eigenvalue weighted by atomic mass is 32.2. The maximum Gasteiger partial charge on any atom is 0.244 e. The van der Waals surface area contributed by atoms with E-state index in [4.69, 9.17) is 15.2 Å². The third-order valence-electron chi connectivity index (χ3n) is 3.16. The molecule has 1 aliphatic rings. The number of nitrogens with two attached hydrogens (primary N) is 1. The summed E-state index contributed by atoms with van der Waals surface area (Å²) in [4.78, 5) is 0.180. The molecule has 1 aliphatic heterocycles. The Kier molecular flexibility index (Phi) is 4.64. The van der Waals surface area contributed by atoms with Crippen LogP contribution < -0.4 is 15.2 Å². The molecule has 0 radical (unpaired) electrons. The van der Waals surface area contributed by atoms with E-state index in [1.807, 2.05) is 13.0 Å². The number of methoxy groups -OCH3 is 1. The molecule has 0 fully saturated rings. The first-order chi connectivity index (χ1) is 9.47. The average Bonchev–Trinajstić information content (AvgIpc) is 2.80. The van der Waals surface area contributed by atoms with Gasteiger partial charge in [0.05, 0.1) is 6.61 Å². The lowest BCUT2D eigenvalue weighted by Crippen LogP contribution is -2.28. The molecule has 1 heterocycles. The molecule has 7 heteroatoms. The van der Waals surface area contributed by atoms with Crippen LogP contribution in [0.2, 0.25) is 0 Å². The molecule has 2 rings (SSSR count). The van der Waals surface area contributed by atoms with Gasteiger partial charge in [0.1, 0.15) is 16.7 Å². The van der Waals surface area contributed by atoms with Crippen molar-refractivity contribution in [1.29, 1.82) is 0 Å². The van der Waals surface area contributed by atoms with E-state index in [2.05, 4.69) is 4.72 Å². The molecule has 0 amide bonds. The number of fused-ring (bicyclic) bond motifs is 1. The third kappa shape index (κ3) is 3.12. The molecule has 112 valence electrons. The van der Waals surface area contributed by atoms with Crippen LogP contribution in [-0.2, 0) is 21.2 Å². The summed E-state index contributed by atoms with van der Waals surface area (Å²) < 4.78 is 37.7. The Balaban J connectivity index is 2.33. The number of sulfonamides is 1. The molecule has 1 aromatic carbocycles. The minimum Gasteiger partial charge on any atom is -0.487 e. The fourth-order valence-electron chi connectivity index (χ4n) is 2.24. The van der Waals surface area contributed by atoms with Crippen LogP contribution in [0.1, 0.15) is 11.1 Å². The highest BCUT2D eigenvalue weighted by Crippen LogP contribution is 2.36. The van der Waals surface area contributed by atoms with Crippen LogP contribution >= 0.6 is 0 Å².